The Morgan fingerprint density at radius 1 is 1.32 bits per heavy atom. The zero-order valence-electron chi connectivity index (χ0n) is 13.9. The third kappa shape index (κ3) is 3.07. The van der Waals surface area contributed by atoms with Crippen LogP contribution < -0.4 is 15.8 Å². The topological polar surface area (TPSA) is 109 Å². The summed E-state index contributed by atoms with van der Waals surface area (Å²) in [5.74, 6) is 1.42. The molecule has 1 aromatic carbocycles. The van der Waals surface area contributed by atoms with E-state index >= 15 is 0 Å². The number of rotatable bonds is 6. The van der Waals surface area contributed by atoms with Crippen LogP contribution in [-0.2, 0) is 6.42 Å². The number of aliphatic hydroxyl groups is 1. The van der Waals surface area contributed by atoms with Crippen molar-refractivity contribution in [1.29, 1.82) is 5.26 Å². The molecule has 2 aromatic heterocycles. The highest BCUT2D eigenvalue weighted by Crippen LogP contribution is 2.32. The van der Waals surface area contributed by atoms with Gasteiger partial charge >= 0.3 is 0 Å². The Morgan fingerprint density at radius 3 is 2.72 bits per heavy atom. The molecule has 3 aromatic rings. The maximum atomic E-state index is 9.42. The van der Waals surface area contributed by atoms with Gasteiger partial charge in [-0.15, -0.1) is 0 Å². The fraction of sp³-hybridized carbons (Fsp3) is 0.222. The Bertz CT molecular complexity index is 925. The SMILES string of the molecule is CCOc1ccc(Nc2c(CCO)c(N)c(C#N)c3ccnn23)cc1. The van der Waals surface area contributed by atoms with E-state index in [2.05, 4.69) is 16.5 Å². The number of benzene rings is 1. The zero-order valence-corrected chi connectivity index (χ0v) is 13.9. The van der Waals surface area contributed by atoms with Crippen molar-refractivity contribution in [2.75, 3.05) is 24.3 Å². The summed E-state index contributed by atoms with van der Waals surface area (Å²) in [4.78, 5) is 0. The fourth-order valence-corrected chi connectivity index (χ4v) is 2.76. The number of hydrogen-bond donors (Lipinski definition) is 3. The predicted octanol–water partition coefficient (Wildman–Crippen LogP) is 2.47. The first-order valence-corrected chi connectivity index (χ1v) is 7.98. The van der Waals surface area contributed by atoms with Crippen molar-refractivity contribution < 1.29 is 9.84 Å². The molecular weight excluding hydrogens is 318 g/mol. The van der Waals surface area contributed by atoms with Crippen LogP contribution in [0.2, 0.25) is 0 Å². The highest BCUT2D eigenvalue weighted by molar-refractivity contribution is 5.81. The molecule has 7 nitrogen and oxygen atoms in total. The molecule has 7 heteroatoms. The second kappa shape index (κ2) is 7.11. The average molecular weight is 337 g/mol. The summed E-state index contributed by atoms with van der Waals surface area (Å²) in [6, 6.07) is 11.4. The van der Waals surface area contributed by atoms with E-state index in [1.54, 1.807) is 16.8 Å². The van der Waals surface area contributed by atoms with Crippen molar-refractivity contribution in [3.63, 3.8) is 0 Å². The van der Waals surface area contributed by atoms with E-state index in [0.29, 0.717) is 41.2 Å². The van der Waals surface area contributed by atoms with E-state index in [1.807, 2.05) is 31.2 Å². The van der Waals surface area contributed by atoms with Crippen LogP contribution in [0.25, 0.3) is 5.52 Å². The molecular formula is C18H19N5O2. The number of aromatic nitrogens is 2. The molecule has 25 heavy (non-hydrogen) atoms. The number of aliphatic hydroxyl groups excluding tert-OH is 1. The largest absolute Gasteiger partial charge is 0.494 e. The molecule has 0 atom stereocenters. The summed E-state index contributed by atoms with van der Waals surface area (Å²) in [6.07, 6.45) is 1.93. The second-order valence-electron chi connectivity index (χ2n) is 5.41. The van der Waals surface area contributed by atoms with Crippen LogP contribution in [0.1, 0.15) is 18.1 Å². The Balaban J connectivity index is 2.09. The van der Waals surface area contributed by atoms with Gasteiger partial charge in [-0.25, -0.2) is 4.52 Å². The first-order valence-electron chi connectivity index (χ1n) is 7.98. The number of pyridine rings is 1. The number of nitrogens with zero attached hydrogens (tertiary/aromatic N) is 3. The molecule has 0 fully saturated rings. The van der Waals surface area contributed by atoms with E-state index in [4.69, 9.17) is 10.5 Å². The van der Waals surface area contributed by atoms with Gasteiger partial charge in [-0.3, -0.25) is 0 Å². The number of nitriles is 1. The maximum absolute atomic E-state index is 9.42. The monoisotopic (exact) mass is 337 g/mol. The molecule has 3 rings (SSSR count). The lowest BCUT2D eigenvalue weighted by molar-refractivity contribution is 0.300. The lowest BCUT2D eigenvalue weighted by atomic mass is 10.1. The number of nitrogens with two attached hydrogens (primary N) is 1. The Morgan fingerprint density at radius 2 is 2.08 bits per heavy atom. The number of nitrogens with one attached hydrogen (secondary N) is 1. The normalized spacial score (nSPS) is 10.6. The Kier molecular flexibility index (Phi) is 4.73. The molecule has 0 unspecified atom stereocenters. The van der Waals surface area contributed by atoms with Crippen molar-refractivity contribution >= 4 is 22.7 Å². The number of ether oxygens (including phenoxy) is 1. The Hall–Kier alpha value is -3.24. The van der Waals surface area contributed by atoms with Gasteiger partial charge in [0.05, 0.1) is 24.0 Å². The minimum atomic E-state index is -0.0835. The Labute approximate surface area is 145 Å². The van der Waals surface area contributed by atoms with Crippen molar-refractivity contribution in [3.05, 3.63) is 47.7 Å². The fourth-order valence-electron chi connectivity index (χ4n) is 2.76. The summed E-state index contributed by atoms with van der Waals surface area (Å²) in [5.41, 5.74) is 9.01. The summed E-state index contributed by atoms with van der Waals surface area (Å²) in [5, 5.41) is 26.4. The highest BCUT2D eigenvalue weighted by Gasteiger charge is 2.18. The van der Waals surface area contributed by atoms with Gasteiger partial charge in [-0.2, -0.15) is 10.4 Å². The van der Waals surface area contributed by atoms with Crippen molar-refractivity contribution in [2.45, 2.75) is 13.3 Å². The molecule has 0 bridgehead atoms. The number of nitrogen functional groups attached to an aromatic ring is 1. The number of fused-ring (bicyclic) bond motifs is 1. The average Bonchev–Trinajstić information content (AvgIpc) is 3.09. The molecule has 0 aliphatic heterocycles. The standard InChI is InChI=1S/C18H19N5O2/c1-2-25-13-5-3-12(4-6-13)22-18-14(8-10-24)17(20)15(11-19)16-7-9-21-23(16)18/h3-7,9,22,24H,2,8,10,20H2,1H3. The molecule has 0 saturated carbocycles. The molecule has 2 heterocycles. The number of hydrogen-bond acceptors (Lipinski definition) is 6. The lowest BCUT2D eigenvalue weighted by Gasteiger charge is -2.17. The summed E-state index contributed by atoms with van der Waals surface area (Å²) >= 11 is 0. The van der Waals surface area contributed by atoms with Gasteiger partial charge in [0.2, 0.25) is 0 Å². The molecule has 4 N–H and O–H groups in total. The van der Waals surface area contributed by atoms with Gasteiger partial charge in [-0.1, -0.05) is 0 Å². The predicted molar refractivity (Wildman–Crippen MR) is 96.0 cm³/mol. The first-order chi connectivity index (χ1) is 12.2. The minimum absolute atomic E-state index is 0.0835. The van der Waals surface area contributed by atoms with Crippen molar-refractivity contribution in [3.8, 4) is 11.8 Å². The van der Waals surface area contributed by atoms with Crippen LogP contribution >= 0.6 is 0 Å². The quantitative estimate of drug-likeness (QED) is 0.637. The van der Waals surface area contributed by atoms with Gasteiger partial charge in [-0.05, 0) is 37.3 Å². The van der Waals surface area contributed by atoms with Gasteiger partial charge in [0.25, 0.3) is 0 Å². The smallest absolute Gasteiger partial charge is 0.138 e. The molecule has 0 spiro atoms. The third-order valence-electron chi connectivity index (χ3n) is 3.89. The summed E-state index contributed by atoms with van der Waals surface area (Å²) in [6.45, 7) is 2.45. The van der Waals surface area contributed by atoms with Crippen LogP contribution in [0.4, 0.5) is 17.2 Å². The van der Waals surface area contributed by atoms with E-state index in [1.165, 1.54) is 0 Å². The molecule has 0 aliphatic carbocycles. The molecule has 0 amide bonds. The third-order valence-corrected chi connectivity index (χ3v) is 3.89. The maximum Gasteiger partial charge on any atom is 0.138 e. The second-order valence-corrected chi connectivity index (χ2v) is 5.41. The molecule has 0 radical (unpaired) electrons. The molecule has 0 aliphatic rings. The van der Waals surface area contributed by atoms with E-state index in [-0.39, 0.29) is 6.61 Å². The van der Waals surface area contributed by atoms with Crippen LogP contribution in [0, 0.1) is 11.3 Å². The summed E-state index contributed by atoms with van der Waals surface area (Å²) < 4.78 is 7.08. The van der Waals surface area contributed by atoms with Crippen LogP contribution in [0.5, 0.6) is 5.75 Å². The van der Waals surface area contributed by atoms with Crippen molar-refractivity contribution in [2.24, 2.45) is 0 Å². The van der Waals surface area contributed by atoms with Crippen LogP contribution in [-0.4, -0.2) is 27.9 Å². The minimum Gasteiger partial charge on any atom is -0.494 e. The van der Waals surface area contributed by atoms with Crippen LogP contribution in [0.15, 0.2) is 36.5 Å². The van der Waals surface area contributed by atoms with Gasteiger partial charge in [0, 0.05) is 24.3 Å². The van der Waals surface area contributed by atoms with E-state index in [0.717, 1.165) is 11.4 Å². The molecule has 0 saturated heterocycles. The summed E-state index contributed by atoms with van der Waals surface area (Å²) in [7, 11) is 0. The van der Waals surface area contributed by atoms with Gasteiger partial charge < -0.3 is 20.9 Å². The van der Waals surface area contributed by atoms with E-state index in [9.17, 15) is 10.4 Å². The van der Waals surface area contributed by atoms with Gasteiger partial charge in [0.1, 0.15) is 23.2 Å². The number of anilines is 3. The molecule has 128 valence electrons. The zero-order chi connectivity index (χ0) is 17.8. The first kappa shape index (κ1) is 16.6. The van der Waals surface area contributed by atoms with Crippen molar-refractivity contribution in [1.82, 2.24) is 9.61 Å². The van der Waals surface area contributed by atoms with Gasteiger partial charge in [0.15, 0.2) is 0 Å². The van der Waals surface area contributed by atoms with E-state index < -0.39 is 0 Å². The highest BCUT2D eigenvalue weighted by atomic mass is 16.5. The van der Waals surface area contributed by atoms with Crippen LogP contribution in [0.3, 0.4) is 0 Å². The lowest BCUT2D eigenvalue weighted by Crippen LogP contribution is -2.11.